The van der Waals surface area contributed by atoms with Crippen LogP contribution in [0.2, 0.25) is 0 Å². The number of hydrogen-bond acceptors (Lipinski definition) is 20. The summed E-state index contributed by atoms with van der Waals surface area (Å²) in [6.07, 6.45) is 2.53. The van der Waals surface area contributed by atoms with Crippen molar-refractivity contribution in [3.8, 4) is 17.2 Å². The SMILES string of the molecule is CN1CCN(c2ccc(CN)cc2)CC1.COc1cc(C)c(S(=O)(=O)N(C)CCC(=O)CCc2ccc(N3CCN(C)CC3)cc2)c(C)c1.COc1cc(C)c(S(=O)(=O)N(C)CCC(=O)CCc2ccc(N3CCN(C)CC3)cc2)c(C)c1.COc1cc(C)c(S(=O)(=O)N(C)CCOC=O)c(C)c1. The molecule has 26 heteroatoms. The molecule has 3 heterocycles. The minimum atomic E-state index is -3.69. The lowest BCUT2D eigenvalue weighted by Crippen LogP contribution is -2.44. The molecule has 6 aromatic carbocycles. The average molecular weight is 1480 g/mol. The summed E-state index contributed by atoms with van der Waals surface area (Å²) >= 11 is 0. The second-order valence-electron chi connectivity index (χ2n) is 26.9. The molecule has 23 nitrogen and oxygen atoms in total. The van der Waals surface area contributed by atoms with Crippen molar-refractivity contribution >= 4 is 65.2 Å². The van der Waals surface area contributed by atoms with E-state index < -0.39 is 30.1 Å². The van der Waals surface area contributed by atoms with E-state index in [9.17, 15) is 39.6 Å². The summed E-state index contributed by atoms with van der Waals surface area (Å²) in [7, 11) is 4.62. The predicted octanol–water partition coefficient (Wildman–Crippen LogP) is 8.56. The van der Waals surface area contributed by atoms with E-state index in [2.05, 4.69) is 128 Å². The lowest BCUT2D eigenvalue weighted by Gasteiger charge is -2.34. The highest BCUT2D eigenvalue weighted by Crippen LogP contribution is 2.32. The second kappa shape index (κ2) is 40.1. The minimum absolute atomic E-state index is 0.0213. The van der Waals surface area contributed by atoms with Crippen LogP contribution in [0, 0.1) is 41.5 Å². The molecular formula is C77H112N10O13S3. The number of aryl methyl sites for hydroxylation is 8. The van der Waals surface area contributed by atoms with Crippen molar-refractivity contribution in [2.24, 2.45) is 5.73 Å². The summed E-state index contributed by atoms with van der Waals surface area (Å²) in [5, 5.41) is 0. The van der Waals surface area contributed by atoms with Crippen molar-refractivity contribution in [2.45, 2.75) is 101 Å². The van der Waals surface area contributed by atoms with Gasteiger partial charge >= 0.3 is 0 Å². The van der Waals surface area contributed by atoms with Crippen LogP contribution in [0.4, 0.5) is 17.1 Å². The smallest absolute Gasteiger partial charge is 0.293 e. The van der Waals surface area contributed by atoms with E-state index in [1.54, 1.807) is 92.2 Å². The number of carbonyl (C=O) groups excluding carboxylic acids is 3. The number of piperazine rings is 3. The molecule has 0 aromatic heterocycles. The maximum absolute atomic E-state index is 13.1. The first-order valence-electron chi connectivity index (χ1n) is 35.1. The molecule has 566 valence electrons. The maximum Gasteiger partial charge on any atom is 0.293 e. The first-order valence-corrected chi connectivity index (χ1v) is 39.4. The summed E-state index contributed by atoms with van der Waals surface area (Å²) in [6, 6.07) is 35.7. The normalized spacial score (nSPS) is 14.8. The highest BCUT2D eigenvalue weighted by molar-refractivity contribution is 7.89. The number of nitrogens with zero attached hydrogens (tertiary/aromatic N) is 9. The van der Waals surface area contributed by atoms with Gasteiger partial charge in [0, 0.05) is 169 Å². The molecule has 0 aliphatic carbocycles. The third-order valence-corrected chi connectivity index (χ3v) is 25.5. The average Bonchev–Trinajstić information content (AvgIpc) is 0.796. The molecule has 0 saturated carbocycles. The van der Waals surface area contributed by atoms with Crippen LogP contribution in [0.25, 0.3) is 0 Å². The second-order valence-corrected chi connectivity index (χ2v) is 32.8. The molecule has 6 aromatic rings. The number of rotatable bonds is 29. The van der Waals surface area contributed by atoms with Crippen LogP contribution in [0.5, 0.6) is 17.2 Å². The summed E-state index contributed by atoms with van der Waals surface area (Å²) in [5.74, 6) is 2.00. The van der Waals surface area contributed by atoms with Gasteiger partial charge in [-0.15, -0.1) is 0 Å². The van der Waals surface area contributed by atoms with Gasteiger partial charge in [0.2, 0.25) is 30.1 Å². The molecule has 2 N–H and O–H groups in total. The van der Waals surface area contributed by atoms with Crippen molar-refractivity contribution in [2.75, 3.05) is 183 Å². The van der Waals surface area contributed by atoms with Gasteiger partial charge in [-0.25, -0.2) is 33.9 Å². The number of nitrogens with two attached hydrogens (primary N) is 1. The summed E-state index contributed by atoms with van der Waals surface area (Å²) < 4.78 is 101. The third kappa shape index (κ3) is 24.5. The third-order valence-electron chi connectivity index (χ3n) is 19.1. The predicted molar refractivity (Wildman–Crippen MR) is 411 cm³/mol. The van der Waals surface area contributed by atoms with Crippen molar-refractivity contribution in [1.29, 1.82) is 0 Å². The Hall–Kier alpha value is -7.50. The van der Waals surface area contributed by atoms with Crippen LogP contribution in [0.1, 0.15) is 75.8 Å². The molecule has 0 atom stereocenters. The highest BCUT2D eigenvalue weighted by Gasteiger charge is 2.29. The van der Waals surface area contributed by atoms with Gasteiger partial charge in [-0.2, -0.15) is 4.31 Å². The van der Waals surface area contributed by atoms with Gasteiger partial charge in [0.05, 0.1) is 36.0 Å². The Labute approximate surface area is 614 Å². The van der Waals surface area contributed by atoms with Gasteiger partial charge in [-0.1, -0.05) is 36.4 Å². The Balaban J connectivity index is 0.000000226. The van der Waals surface area contributed by atoms with Gasteiger partial charge in [-0.3, -0.25) is 14.4 Å². The van der Waals surface area contributed by atoms with Crippen LogP contribution in [0.15, 0.2) is 124 Å². The fourth-order valence-electron chi connectivity index (χ4n) is 12.5. The van der Waals surface area contributed by atoms with Crippen LogP contribution < -0.4 is 34.6 Å². The monoisotopic (exact) mass is 1480 g/mol. The number of ketones is 2. The molecule has 0 bridgehead atoms. The molecule has 3 aliphatic rings. The van der Waals surface area contributed by atoms with E-state index in [-0.39, 0.29) is 65.3 Å². The number of likely N-dealkylation sites (N-methyl/N-ethyl adjacent to an activating group) is 4. The molecule has 3 saturated heterocycles. The number of Topliss-reactive ketones (excluding diaryl/α,β-unsaturated/α-hetero) is 2. The molecule has 0 amide bonds. The van der Waals surface area contributed by atoms with Gasteiger partial charge in [-0.05, 0) is 198 Å². The zero-order valence-electron chi connectivity index (χ0n) is 63.4. The minimum Gasteiger partial charge on any atom is -0.497 e. The Morgan fingerprint density at radius 2 is 0.660 bits per heavy atom. The lowest BCUT2D eigenvalue weighted by molar-refractivity contribution is -0.128. The van der Waals surface area contributed by atoms with Crippen molar-refractivity contribution < 1.29 is 58.6 Å². The Kier molecular flexibility index (Phi) is 32.9. The van der Waals surface area contributed by atoms with E-state index in [1.165, 1.54) is 59.5 Å². The van der Waals surface area contributed by atoms with E-state index in [4.69, 9.17) is 19.9 Å². The molecule has 9 rings (SSSR count). The first kappa shape index (κ1) is 84.4. The fourth-order valence-corrected chi connectivity index (χ4v) is 17.2. The summed E-state index contributed by atoms with van der Waals surface area (Å²) in [5.41, 5.74) is 16.6. The Morgan fingerprint density at radius 1 is 0.408 bits per heavy atom. The number of methoxy groups -OCH3 is 3. The van der Waals surface area contributed by atoms with E-state index >= 15 is 0 Å². The van der Waals surface area contributed by atoms with Gasteiger partial charge in [0.1, 0.15) is 35.4 Å². The zero-order valence-corrected chi connectivity index (χ0v) is 65.8. The summed E-state index contributed by atoms with van der Waals surface area (Å²) in [4.78, 5) is 50.1. The topological polar surface area (TPSA) is 246 Å². The van der Waals surface area contributed by atoms with E-state index in [0.29, 0.717) is 89.3 Å². The first-order chi connectivity index (χ1) is 48.9. The van der Waals surface area contributed by atoms with Gasteiger partial charge in [0.25, 0.3) is 6.47 Å². The van der Waals surface area contributed by atoms with E-state index in [1.807, 2.05) is 0 Å². The van der Waals surface area contributed by atoms with Crippen LogP contribution in [-0.2, 0) is 68.6 Å². The number of ether oxygens (including phenoxy) is 4. The number of hydrogen-bond donors (Lipinski definition) is 1. The largest absolute Gasteiger partial charge is 0.497 e. The van der Waals surface area contributed by atoms with E-state index in [0.717, 1.165) is 94.0 Å². The molecule has 0 radical (unpaired) electrons. The van der Waals surface area contributed by atoms with Crippen LogP contribution >= 0.6 is 0 Å². The molecule has 103 heavy (non-hydrogen) atoms. The molecular weight excluding hydrogens is 1370 g/mol. The maximum atomic E-state index is 13.1. The fraction of sp³-hybridized carbons (Fsp3) is 0.494. The molecule has 0 unspecified atom stereocenters. The van der Waals surface area contributed by atoms with Gasteiger partial charge < -0.3 is 54.1 Å². The molecule has 0 spiro atoms. The summed E-state index contributed by atoms with van der Waals surface area (Å²) in [6.45, 7) is 24.8. The Bertz CT molecular complexity index is 3820. The lowest BCUT2D eigenvalue weighted by atomic mass is 10.1. The molecule has 3 fully saturated rings. The molecule has 3 aliphatic heterocycles. The number of benzene rings is 6. The van der Waals surface area contributed by atoms with Crippen LogP contribution in [0.3, 0.4) is 0 Å². The standard InChI is InChI=1S/2C26H37N3O4S.C13H19NO5S.C12H19N3/c2*1-20-18-25(33-5)19-21(2)26(20)34(31,32)28(4)13-12-24(30)11-8-22-6-9-23(10-7-22)29-16-14-27(3)15-17-29;1-10-7-12(18-4)8-11(2)13(10)20(16,17)14(3)5-6-19-9-15;1-14-6-8-15(9-7-14)12-4-2-11(10-13)3-5-12/h2*6-7,9-10,18-19H,8,11-17H2,1-5H3;7-9H,5-6H2,1-4H3;2-5H,6-10,13H2,1H3. The van der Waals surface area contributed by atoms with Crippen molar-refractivity contribution in [3.05, 3.63) is 159 Å². The number of sulfonamides is 3. The van der Waals surface area contributed by atoms with Gasteiger partial charge in [0.15, 0.2) is 0 Å². The van der Waals surface area contributed by atoms with Crippen LogP contribution in [-0.4, -0.2) is 239 Å². The highest BCUT2D eigenvalue weighted by atomic mass is 32.2. The zero-order chi connectivity index (χ0) is 75.8. The number of carbonyl (C=O) groups is 3. The van der Waals surface area contributed by atoms with Crippen molar-refractivity contribution in [3.63, 3.8) is 0 Å². The number of anilines is 3. The van der Waals surface area contributed by atoms with Crippen molar-refractivity contribution in [1.82, 2.24) is 27.6 Å². The Morgan fingerprint density at radius 3 is 0.903 bits per heavy atom. The quantitative estimate of drug-likeness (QED) is 0.0341.